The maximum Gasteiger partial charge on any atom is 0.418 e. The number of nitrogens with zero attached hydrogens (tertiary/aromatic N) is 1. The molecule has 74 valence electrons. The van der Waals surface area contributed by atoms with Crippen LogP contribution in [0.25, 0.3) is 0 Å². The molecule has 0 aromatic rings. The molecule has 0 aromatic carbocycles. The molecule has 0 N–H and O–H groups in total. The monoisotopic (exact) mass is 191 g/mol. The Morgan fingerprint density at radius 3 is 2.71 bits per heavy atom. The first-order chi connectivity index (χ1) is 6.59. The number of hydrogen-bond donors (Lipinski definition) is 0. The molecular formula is C11H13NO2. The molecule has 3 heteroatoms. The third-order valence-electron chi connectivity index (χ3n) is 2.47. The fourth-order valence-corrected chi connectivity index (χ4v) is 1.88. The summed E-state index contributed by atoms with van der Waals surface area (Å²) < 4.78 is 4.99. The second kappa shape index (κ2) is 3.01. The molecule has 0 aliphatic carbocycles. The van der Waals surface area contributed by atoms with Crippen LogP contribution in [0.15, 0.2) is 34.7 Å². The molecule has 3 nitrogen and oxygen atoms in total. The summed E-state index contributed by atoms with van der Waals surface area (Å²) >= 11 is 0. The molecule has 1 amide bonds. The first-order valence-corrected chi connectivity index (χ1v) is 4.63. The molecular weight excluding hydrogens is 178 g/mol. The van der Waals surface area contributed by atoms with Gasteiger partial charge in [0.2, 0.25) is 0 Å². The van der Waals surface area contributed by atoms with Crippen LogP contribution >= 0.6 is 0 Å². The maximum absolute atomic E-state index is 11.4. The highest BCUT2D eigenvalue weighted by molar-refractivity contribution is 5.76. The van der Waals surface area contributed by atoms with Gasteiger partial charge in [-0.15, -0.1) is 0 Å². The van der Waals surface area contributed by atoms with E-state index in [1.54, 1.807) is 4.90 Å². The molecule has 0 spiro atoms. The van der Waals surface area contributed by atoms with Gasteiger partial charge in [0.15, 0.2) is 0 Å². The average molecular weight is 191 g/mol. The van der Waals surface area contributed by atoms with Gasteiger partial charge in [0, 0.05) is 5.70 Å². The van der Waals surface area contributed by atoms with Crippen molar-refractivity contribution in [1.82, 2.24) is 4.90 Å². The Kier molecular flexibility index (Phi) is 1.95. The van der Waals surface area contributed by atoms with Gasteiger partial charge < -0.3 is 4.74 Å². The van der Waals surface area contributed by atoms with Crippen LogP contribution < -0.4 is 0 Å². The van der Waals surface area contributed by atoms with Gasteiger partial charge >= 0.3 is 6.09 Å². The van der Waals surface area contributed by atoms with Crippen molar-refractivity contribution < 1.29 is 9.53 Å². The summed E-state index contributed by atoms with van der Waals surface area (Å²) in [6.45, 7) is 6.34. The summed E-state index contributed by atoms with van der Waals surface area (Å²) in [5, 5.41) is 0. The second-order valence-electron chi connectivity index (χ2n) is 3.69. The van der Waals surface area contributed by atoms with Crippen LogP contribution in [-0.4, -0.2) is 17.6 Å². The first kappa shape index (κ1) is 9.06. The topological polar surface area (TPSA) is 29.5 Å². The van der Waals surface area contributed by atoms with Gasteiger partial charge in [-0.25, -0.2) is 4.79 Å². The standard InChI is InChI=1S/C11H13NO2/c1-7-4-8(2)10-6-14-11(13)12(10)9(3)5-7/h4-5H,6H2,1-3H3. The van der Waals surface area contributed by atoms with Gasteiger partial charge in [-0.1, -0.05) is 6.08 Å². The molecule has 2 heterocycles. The van der Waals surface area contributed by atoms with Crippen molar-refractivity contribution in [2.45, 2.75) is 20.8 Å². The summed E-state index contributed by atoms with van der Waals surface area (Å²) in [4.78, 5) is 13.1. The summed E-state index contributed by atoms with van der Waals surface area (Å²) in [6, 6.07) is 0. The molecule has 2 aliphatic heterocycles. The molecule has 2 rings (SSSR count). The minimum Gasteiger partial charge on any atom is -0.442 e. The van der Waals surface area contributed by atoms with Gasteiger partial charge in [-0.05, 0) is 38.0 Å². The number of ether oxygens (including phenoxy) is 1. The van der Waals surface area contributed by atoms with Crippen molar-refractivity contribution in [3.8, 4) is 0 Å². The highest BCUT2D eigenvalue weighted by atomic mass is 16.6. The van der Waals surface area contributed by atoms with E-state index in [1.165, 1.54) is 0 Å². The molecule has 0 radical (unpaired) electrons. The van der Waals surface area contributed by atoms with Gasteiger partial charge in [0.05, 0.1) is 5.70 Å². The predicted molar refractivity (Wildman–Crippen MR) is 53.4 cm³/mol. The minimum absolute atomic E-state index is 0.267. The molecule has 2 aliphatic rings. The number of amides is 1. The van der Waals surface area contributed by atoms with Gasteiger partial charge in [0.1, 0.15) is 6.61 Å². The number of cyclic esters (lactones) is 1. The maximum atomic E-state index is 11.4. The normalized spacial score (nSPS) is 21.4. The van der Waals surface area contributed by atoms with E-state index < -0.39 is 0 Å². The lowest BCUT2D eigenvalue weighted by atomic mass is 10.1. The molecule has 1 saturated heterocycles. The molecule has 14 heavy (non-hydrogen) atoms. The van der Waals surface area contributed by atoms with E-state index >= 15 is 0 Å². The van der Waals surface area contributed by atoms with Crippen LogP contribution in [0, 0.1) is 0 Å². The SMILES string of the molecule is CC1=CC(C)=C2COC(=O)N2C(C)=C1. The Bertz CT molecular complexity index is 388. The Morgan fingerprint density at radius 2 is 2.00 bits per heavy atom. The molecule has 0 unspecified atom stereocenters. The summed E-state index contributed by atoms with van der Waals surface area (Å²) in [7, 11) is 0. The van der Waals surface area contributed by atoms with E-state index in [-0.39, 0.29) is 6.09 Å². The Morgan fingerprint density at radius 1 is 1.29 bits per heavy atom. The number of hydrogen-bond acceptors (Lipinski definition) is 2. The third kappa shape index (κ3) is 1.25. The van der Waals surface area contributed by atoms with Crippen molar-refractivity contribution in [2.24, 2.45) is 0 Å². The zero-order chi connectivity index (χ0) is 10.3. The number of carbonyl (C=O) groups is 1. The van der Waals surface area contributed by atoms with E-state index in [1.807, 2.05) is 26.8 Å². The zero-order valence-electron chi connectivity index (χ0n) is 8.63. The quantitative estimate of drug-likeness (QED) is 0.589. The molecule has 0 aromatic heterocycles. The fourth-order valence-electron chi connectivity index (χ4n) is 1.88. The lowest BCUT2D eigenvalue weighted by Crippen LogP contribution is -2.20. The number of rotatable bonds is 0. The largest absolute Gasteiger partial charge is 0.442 e. The van der Waals surface area contributed by atoms with E-state index in [9.17, 15) is 4.79 Å². The van der Waals surface area contributed by atoms with Crippen LogP contribution in [0.3, 0.4) is 0 Å². The zero-order valence-corrected chi connectivity index (χ0v) is 8.63. The molecule has 1 fully saturated rings. The van der Waals surface area contributed by atoms with Crippen LogP contribution in [0.2, 0.25) is 0 Å². The Balaban J connectivity index is 2.55. The van der Waals surface area contributed by atoms with Crippen molar-refractivity contribution in [2.75, 3.05) is 6.61 Å². The van der Waals surface area contributed by atoms with Crippen LogP contribution in [-0.2, 0) is 4.74 Å². The first-order valence-electron chi connectivity index (χ1n) is 4.63. The van der Waals surface area contributed by atoms with E-state index in [2.05, 4.69) is 6.08 Å². The summed E-state index contributed by atoms with van der Waals surface area (Å²) in [5.41, 5.74) is 4.14. The van der Waals surface area contributed by atoms with Gasteiger partial charge in [-0.3, -0.25) is 4.90 Å². The fraction of sp³-hybridized carbons (Fsp3) is 0.364. The summed E-state index contributed by atoms with van der Waals surface area (Å²) in [5.74, 6) is 0. The third-order valence-corrected chi connectivity index (χ3v) is 2.47. The smallest absolute Gasteiger partial charge is 0.418 e. The second-order valence-corrected chi connectivity index (χ2v) is 3.69. The van der Waals surface area contributed by atoms with Gasteiger partial charge in [0.25, 0.3) is 0 Å². The number of allylic oxidation sites excluding steroid dienone is 5. The van der Waals surface area contributed by atoms with Crippen molar-refractivity contribution >= 4 is 6.09 Å². The van der Waals surface area contributed by atoms with E-state index in [0.717, 1.165) is 22.5 Å². The number of fused-ring (bicyclic) bond motifs is 1. The number of carbonyl (C=O) groups excluding carboxylic acids is 1. The van der Waals surface area contributed by atoms with E-state index in [0.29, 0.717) is 6.61 Å². The Hall–Kier alpha value is -1.51. The van der Waals surface area contributed by atoms with Crippen molar-refractivity contribution in [3.63, 3.8) is 0 Å². The van der Waals surface area contributed by atoms with Crippen molar-refractivity contribution in [1.29, 1.82) is 0 Å². The van der Waals surface area contributed by atoms with Crippen LogP contribution in [0.1, 0.15) is 20.8 Å². The van der Waals surface area contributed by atoms with Gasteiger partial charge in [-0.2, -0.15) is 0 Å². The minimum atomic E-state index is -0.267. The predicted octanol–water partition coefficient (Wildman–Crippen LogP) is 2.58. The summed E-state index contributed by atoms with van der Waals surface area (Å²) in [6.07, 6.45) is 3.79. The van der Waals surface area contributed by atoms with E-state index in [4.69, 9.17) is 4.74 Å². The molecule has 0 bridgehead atoms. The lowest BCUT2D eigenvalue weighted by molar-refractivity contribution is 0.164. The Labute approximate surface area is 83.3 Å². The van der Waals surface area contributed by atoms with Crippen LogP contribution in [0.4, 0.5) is 4.79 Å². The highest BCUT2D eigenvalue weighted by Gasteiger charge is 2.31. The molecule has 0 atom stereocenters. The van der Waals surface area contributed by atoms with Crippen molar-refractivity contribution in [3.05, 3.63) is 34.7 Å². The molecule has 0 saturated carbocycles. The van der Waals surface area contributed by atoms with Crippen LogP contribution in [0.5, 0.6) is 0 Å². The lowest BCUT2D eigenvalue weighted by Gasteiger charge is -2.14. The highest BCUT2D eigenvalue weighted by Crippen LogP contribution is 2.28. The average Bonchev–Trinajstić information content (AvgIpc) is 2.41.